The smallest absolute Gasteiger partial charge is 0.162 e. The minimum absolute atomic E-state index is 0.0124. The molecule has 1 aromatic heterocycles. The van der Waals surface area contributed by atoms with Gasteiger partial charge in [0, 0.05) is 28.0 Å². The maximum absolute atomic E-state index is 12.2. The van der Waals surface area contributed by atoms with Crippen LogP contribution in [0.2, 0.25) is 5.02 Å². The summed E-state index contributed by atoms with van der Waals surface area (Å²) in [5, 5.41) is 10.7. The van der Waals surface area contributed by atoms with Gasteiger partial charge in [-0.05, 0) is 37.6 Å². The maximum Gasteiger partial charge on any atom is 0.162 e. The molecule has 1 N–H and O–H groups in total. The van der Waals surface area contributed by atoms with Crippen molar-refractivity contribution in [3.8, 4) is 22.6 Å². The Morgan fingerprint density at radius 2 is 1.83 bits per heavy atom. The molecule has 0 radical (unpaired) electrons. The Balaban J connectivity index is 2.28. The molecule has 116 valence electrons. The van der Waals surface area contributed by atoms with E-state index in [2.05, 4.69) is 0 Å². The lowest BCUT2D eigenvalue weighted by molar-refractivity contribution is 0.101. The number of benzene rings is 2. The van der Waals surface area contributed by atoms with Crippen molar-refractivity contribution >= 4 is 17.4 Å². The molecule has 3 aromatic rings. The van der Waals surface area contributed by atoms with Crippen LogP contribution in [-0.4, -0.2) is 15.5 Å². The van der Waals surface area contributed by atoms with Crippen molar-refractivity contribution in [2.75, 3.05) is 0 Å². The van der Waals surface area contributed by atoms with E-state index in [4.69, 9.17) is 11.6 Å². The van der Waals surface area contributed by atoms with Gasteiger partial charge in [0.1, 0.15) is 5.75 Å². The minimum atomic E-state index is -0.0124. The van der Waals surface area contributed by atoms with Gasteiger partial charge in [0.2, 0.25) is 0 Å². The summed E-state index contributed by atoms with van der Waals surface area (Å²) in [6, 6.07) is 14.6. The van der Waals surface area contributed by atoms with E-state index in [1.165, 1.54) is 0 Å². The van der Waals surface area contributed by atoms with Crippen LogP contribution in [0.4, 0.5) is 0 Å². The second-order valence-corrected chi connectivity index (χ2v) is 5.86. The molecular weight excluding hydrogens is 310 g/mol. The highest BCUT2D eigenvalue weighted by molar-refractivity contribution is 6.30. The Kier molecular flexibility index (Phi) is 3.97. The molecule has 0 atom stereocenters. The van der Waals surface area contributed by atoms with Gasteiger partial charge in [-0.1, -0.05) is 41.9 Å². The molecule has 0 saturated carbocycles. The molecule has 2 aromatic carbocycles. The Hall–Kier alpha value is -2.52. The number of Topliss-reactive ketones (excluding diaryl/α,β-unsaturated/α-hetero) is 1. The third-order valence-electron chi connectivity index (χ3n) is 3.88. The van der Waals surface area contributed by atoms with E-state index in [9.17, 15) is 9.90 Å². The van der Waals surface area contributed by atoms with Crippen LogP contribution in [0, 0.1) is 6.92 Å². The first-order valence-electron chi connectivity index (χ1n) is 7.26. The summed E-state index contributed by atoms with van der Waals surface area (Å²) in [5.41, 5.74) is 3.78. The average Bonchev–Trinajstić information content (AvgIpc) is 2.88. The van der Waals surface area contributed by atoms with E-state index in [1.54, 1.807) is 29.7 Å². The molecule has 3 rings (SSSR count). The summed E-state index contributed by atoms with van der Waals surface area (Å²) >= 11 is 6.05. The van der Waals surface area contributed by atoms with Crippen molar-refractivity contribution in [1.82, 2.24) is 4.57 Å². The van der Waals surface area contributed by atoms with Gasteiger partial charge in [0.15, 0.2) is 5.78 Å². The van der Waals surface area contributed by atoms with Gasteiger partial charge in [-0.15, -0.1) is 0 Å². The van der Waals surface area contributed by atoms with Gasteiger partial charge in [-0.25, -0.2) is 0 Å². The first kappa shape index (κ1) is 15.4. The number of rotatable bonds is 3. The highest BCUT2D eigenvalue weighted by Crippen LogP contribution is 2.34. The van der Waals surface area contributed by atoms with E-state index in [0.717, 1.165) is 16.8 Å². The molecule has 0 amide bonds. The molecule has 1 heterocycles. The lowest BCUT2D eigenvalue weighted by atomic mass is 10.0. The molecule has 0 spiro atoms. The van der Waals surface area contributed by atoms with Gasteiger partial charge in [-0.3, -0.25) is 4.79 Å². The predicted octanol–water partition coefficient (Wildman–Crippen LogP) is 5.01. The number of hydrogen-bond acceptors (Lipinski definition) is 2. The third-order valence-corrected chi connectivity index (χ3v) is 4.12. The molecule has 0 aliphatic carbocycles. The first-order valence-corrected chi connectivity index (χ1v) is 7.64. The zero-order valence-electron chi connectivity index (χ0n) is 12.9. The summed E-state index contributed by atoms with van der Waals surface area (Å²) < 4.78 is 1.81. The molecule has 3 nitrogen and oxygen atoms in total. The van der Waals surface area contributed by atoms with E-state index >= 15 is 0 Å². The summed E-state index contributed by atoms with van der Waals surface area (Å²) in [6.07, 6.45) is 1.87. The zero-order chi connectivity index (χ0) is 16.6. The predicted molar refractivity (Wildman–Crippen MR) is 92.6 cm³/mol. The second-order valence-electron chi connectivity index (χ2n) is 5.43. The first-order chi connectivity index (χ1) is 11.0. The number of aromatic hydroxyl groups is 1. The Morgan fingerprint density at radius 3 is 2.48 bits per heavy atom. The van der Waals surface area contributed by atoms with Crippen LogP contribution in [-0.2, 0) is 0 Å². The van der Waals surface area contributed by atoms with Crippen molar-refractivity contribution in [2.24, 2.45) is 0 Å². The van der Waals surface area contributed by atoms with Gasteiger partial charge in [0.25, 0.3) is 0 Å². The number of ketones is 1. The normalized spacial score (nSPS) is 10.7. The molecule has 0 unspecified atom stereocenters. The van der Waals surface area contributed by atoms with Gasteiger partial charge in [-0.2, -0.15) is 0 Å². The lowest BCUT2D eigenvalue weighted by Crippen LogP contribution is -2.00. The fraction of sp³-hybridized carbons (Fsp3) is 0.105. The van der Waals surface area contributed by atoms with Crippen LogP contribution < -0.4 is 0 Å². The topological polar surface area (TPSA) is 42.2 Å². The van der Waals surface area contributed by atoms with Crippen molar-refractivity contribution < 1.29 is 9.90 Å². The largest absolute Gasteiger partial charge is 0.506 e. The van der Waals surface area contributed by atoms with Crippen LogP contribution in [0.25, 0.3) is 16.8 Å². The monoisotopic (exact) mass is 325 g/mol. The number of carbonyl (C=O) groups is 1. The Labute approximate surface area is 139 Å². The van der Waals surface area contributed by atoms with Crippen LogP contribution in [0.1, 0.15) is 23.0 Å². The van der Waals surface area contributed by atoms with Crippen molar-refractivity contribution in [1.29, 1.82) is 0 Å². The highest BCUT2D eigenvalue weighted by atomic mass is 35.5. The molecule has 0 aliphatic rings. The lowest BCUT2D eigenvalue weighted by Gasteiger charge is -2.09. The minimum Gasteiger partial charge on any atom is -0.506 e. The quantitative estimate of drug-likeness (QED) is 0.687. The summed E-state index contributed by atoms with van der Waals surface area (Å²) in [4.78, 5) is 12.2. The zero-order valence-corrected chi connectivity index (χ0v) is 13.6. The molecule has 0 saturated heterocycles. The van der Waals surface area contributed by atoms with Crippen LogP contribution in [0.3, 0.4) is 0 Å². The number of phenolic OH excluding ortho intramolecular Hbond substituents is 1. The SMILES string of the molecule is CC(=O)c1c(-c2ccccc2)cn(-c2cc(Cl)ccc2O)c1C. The molecule has 23 heavy (non-hydrogen) atoms. The van der Waals surface area contributed by atoms with Gasteiger partial charge >= 0.3 is 0 Å². The number of phenols is 1. The molecule has 0 fully saturated rings. The van der Waals surface area contributed by atoms with Crippen molar-refractivity contribution in [3.63, 3.8) is 0 Å². The number of hydrogen-bond donors (Lipinski definition) is 1. The molecular formula is C19H16ClNO2. The van der Waals surface area contributed by atoms with Crippen molar-refractivity contribution in [3.05, 3.63) is 71.0 Å². The molecule has 4 heteroatoms. The van der Waals surface area contributed by atoms with Crippen LogP contribution in [0.5, 0.6) is 5.75 Å². The van der Waals surface area contributed by atoms with E-state index in [-0.39, 0.29) is 11.5 Å². The maximum atomic E-state index is 12.2. The number of aromatic nitrogens is 1. The summed E-state index contributed by atoms with van der Waals surface area (Å²) in [6.45, 7) is 3.42. The second kappa shape index (κ2) is 5.94. The number of carbonyl (C=O) groups excluding carboxylic acids is 1. The van der Waals surface area contributed by atoms with Gasteiger partial charge in [0.05, 0.1) is 5.69 Å². The molecule has 0 bridgehead atoms. The fourth-order valence-electron chi connectivity index (χ4n) is 2.83. The van der Waals surface area contributed by atoms with E-state index < -0.39 is 0 Å². The van der Waals surface area contributed by atoms with E-state index in [1.807, 2.05) is 43.5 Å². The van der Waals surface area contributed by atoms with Gasteiger partial charge < -0.3 is 9.67 Å². The van der Waals surface area contributed by atoms with E-state index in [0.29, 0.717) is 16.3 Å². The Morgan fingerprint density at radius 1 is 1.13 bits per heavy atom. The summed E-state index contributed by atoms with van der Waals surface area (Å²) in [5.74, 6) is 0.101. The van der Waals surface area contributed by atoms with Crippen molar-refractivity contribution in [2.45, 2.75) is 13.8 Å². The standard InChI is InChI=1S/C19H16ClNO2/c1-12-19(13(2)22)16(14-6-4-3-5-7-14)11-21(12)17-10-15(20)8-9-18(17)23/h3-11,23H,1-2H3. The third kappa shape index (κ3) is 2.76. The van der Waals surface area contributed by atoms with Crippen LogP contribution >= 0.6 is 11.6 Å². The van der Waals surface area contributed by atoms with Crippen LogP contribution in [0.15, 0.2) is 54.7 Å². The number of nitrogens with zero attached hydrogens (tertiary/aromatic N) is 1. The molecule has 0 aliphatic heterocycles. The fourth-order valence-corrected chi connectivity index (χ4v) is 2.99. The average molecular weight is 326 g/mol. The number of halogens is 1. The summed E-state index contributed by atoms with van der Waals surface area (Å²) in [7, 11) is 0. The Bertz CT molecular complexity index is 882. The highest BCUT2D eigenvalue weighted by Gasteiger charge is 2.19.